The third-order valence-electron chi connectivity index (χ3n) is 3.48. The first-order chi connectivity index (χ1) is 11.6. The van der Waals surface area contributed by atoms with Gasteiger partial charge in [-0.15, -0.1) is 0 Å². The van der Waals surface area contributed by atoms with E-state index in [1.54, 1.807) is 13.1 Å². The Hall–Kier alpha value is -3.21. The molecule has 0 aliphatic rings. The summed E-state index contributed by atoms with van der Waals surface area (Å²) >= 11 is 0. The van der Waals surface area contributed by atoms with Gasteiger partial charge in [0.15, 0.2) is 0 Å². The predicted molar refractivity (Wildman–Crippen MR) is 92.9 cm³/mol. The van der Waals surface area contributed by atoms with Crippen LogP contribution in [0.1, 0.15) is 27.4 Å². The number of nitrogens with zero attached hydrogens (tertiary/aromatic N) is 2. The molecule has 1 amide bonds. The van der Waals surface area contributed by atoms with Crippen molar-refractivity contribution in [2.75, 3.05) is 0 Å². The molecule has 0 fully saturated rings. The standard InChI is InChI=1S/C19H17N3O2/c1-13-8-10-15(11-9-13)12-20-22-18(23)17-14(2)21-19(24-17)16-6-4-3-5-7-16/h3-12H,1-2H3,(H,22,23). The van der Waals surface area contributed by atoms with E-state index in [-0.39, 0.29) is 5.76 Å². The first kappa shape index (κ1) is 15.7. The van der Waals surface area contributed by atoms with Crippen LogP contribution in [0.4, 0.5) is 0 Å². The minimum absolute atomic E-state index is 0.162. The third kappa shape index (κ3) is 3.57. The first-order valence-electron chi connectivity index (χ1n) is 7.56. The van der Waals surface area contributed by atoms with E-state index in [0.717, 1.165) is 11.1 Å². The Labute approximate surface area is 140 Å². The van der Waals surface area contributed by atoms with Gasteiger partial charge in [-0.2, -0.15) is 5.10 Å². The van der Waals surface area contributed by atoms with Gasteiger partial charge in [0.1, 0.15) is 0 Å². The lowest BCUT2D eigenvalue weighted by molar-refractivity contribution is 0.0927. The second-order valence-electron chi connectivity index (χ2n) is 5.41. The number of hydrazone groups is 1. The molecule has 0 unspecified atom stereocenters. The molecule has 0 radical (unpaired) electrons. The Morgan fingerprint density at radius 2 is 1.79 bits per heavy atom. The van der Waals surface area contributed by atoms with Crippen LogP contribution in [0.5, 0.6) is 0 Å². The minimum Gasteiger partial charge on any atom is -0.431 e. The van der Waals surface area contributed by atoms with Crippen molar-refractivity contribution in [3.8, 4) is 11.5 Å². The zero-order valence-electron chi connectivity index (χ0n) is 13.5. The molecule has 0 saturated carbocycles. The molecule has 3 rings (SSSR count). The molecule has 120 valence electrons. The lowest BCUT2D eigenvalue weighted by Gasteiger charge is -1.97. The van der Waals surface area contributed by atoms with Gasteiger partial charge in [0.25, 0.3) is 0 Å². The van der Waals surface area contributed by atoms with Gasteiger partial charge in [-0.05, 0) is 31.5 Å². The van der Waals surface area contributed by atoms with Gasteiger partial charge < -0.3 is 4.42 Å². The molecule has 5 nitrogen and oxygen atoms in total. The molecule has 5 heteroatoms. The molecule has 1 heterocycles. The number of oxazole rings is 1. The van der Waals surface area contributed by atoms with Crippen molar-refractivity contribution in [2.45, 2.75) is 13.8 Å². The summed E-state index contributed by atoms with van der Waals surface area (Å²) in [6.45, 7) is 3.74. The molecule has 0 aliphatic heterocycles. The Balaban J connectivity index is 1.71. The highest BCUT2D eigenvalue weighted by molar-refractivity contribution is 5.93. The maximum Gasteiger partial charge on any atom is 0.309 e. The summed E-state index contributed by atoms with van der Waals surface area (Å²) in [4.78, 5) is 16.5. The SMILES string of the molecule is Cc1ccc(C=NNC(=O)c2oc(-c3ccccc3)nc2C)cc1. The maximum absolute atomic E-state index is 12.2. The Bertz CT molecular complexity index is 865. The fraction of sp³-hybridized carbons (Fsp3) is 0.105. The largest absolute Gasteiger partial charge is 0.431 e. The van der Waals surface area contributed by atoms with Crippen LogP contribution < -0.4 is 5.43 Å². The molecule has 0 spiro atoms. The number of amides is 1. The van der Waals surface area contributed by atoms with Crippen LogP contribution in [0.3, 0.4) is 0 Å². The van der Waals surface area contributed by atoms with Crippen molar-refractivity contribution < 1.29 is 9.21 Å². The van der Waals surface area contributed by atoms with Crippen LogP contribution in [-0.2, 0) is 0 Å². The van der Waals surface area contributed by atoms with Crippen LogP contribution in [-0.4, -0.2) is 17.1 Å². The van der Waals surface area contributed by atoms with E-state index in [1.165, 1.54) is 5.56 Å². The lowest BCUT2D eigenvalue weighted by atomic mass is 10.2. The summed E-state index contributed by atoms with van der Waals surface area (Å²) in [5.74, 6) is 0.154. The van der Waals surface area contributed by atoms with Crippen LogP contribution in [0.25, 0.3) is 11.5 Å². The number of aromatic nitrogens is 1. The zero-order valence-corrected chi connectivity index (χ0v) is 13.5. The highest BCUT2D eigenvalue weighted by Gasteiger charge is 2.17. The molecule has 1 N–H and O–H groups in total. The average molecular weight is 319 g/mol. The van der Waals surface area contributed by atoms with E-state index in [1.807, 2.05) is 61.5 Å². The Morgan fingerprint density at radius 3 is 2.50 bits per heavy atom. The van der Waals surface area contributed by atoms with Gasteiger partial charge in [0.2, 0.25) is 11.7 Å². The summed E-state index contributed by atoms with van der Waals surface area (Å²) in [6, 6.07) is 17.3. The van der Waals surface area contributed by atoms with Crippen molar-refractivity contribution >= 4 is 12.1 Å². The van der Waals surface area contributed by atoms with Crippen LogP contribution >= 0.6 is 0 Å². The highest BCUT2D eigenvalue weighted by Crippen LogP contribution is 2.21. The number of carbonyl (C=O) groups is 1. The summed E-state index contributed by atoms with van der Waals surface area (Å²) in [5, 5.41) is 3.96. The Kier molecular flexibility index (Phi) is 4.52. The van der Waals surface area contributed by atoms with Gasteiger partial charge in [0, 0.05) is 5.56 Å². The summed E-state index contributed by atoms with van der Waals surface area (Å²) in [7, 11) is 0. The van der Waals surface area contributed by atoms with Crippen LogP contribution in [0.2, 0.25) is 0 Å². The van der Waals surface area contributed by atoms with Crippen LogP contribution in [0.15, 0.2) is 64.1 Å². The van der Waals surface area contributed by atoms with E-state index in [0.29, 0.717) is 11.6 Å². The number of hydrogen-bond acceptors (Lipinski definition) is 4. The molecular formula is C19H17N3O2. The molecule has 0 saturated heterocycles. The lowest BCUT2D eigenvalue weighted by Crippen LogP contribution is -2.17. The number of benzene rings is 2. The highest BCUT2D eigenvalue weighted by atomic mass is 16.4. The predicted octanol–water partition coefficient (Wildman–Crippen LogP) is 3.72. The van der Waals surface area contributed by atoms with Gasteiger partial charge in [-0.1, -0.05) is 48.0 Å². The van der Waals surface area contributed by atoms with Crippen molar-refractivity contribution in [2.24, 2.45) is 5.10 Å². The van der Waals surface area contributed by atoms with Crippen molar-refractivity contribution in [1.29, 1.82) is 0 Å². The van der Waals surface area contributed by atoms with Crippen molar-refractivity contribution in [3.63, 3.8) is 0 Å². The average Bonchev–Trinajstić information content (AvgIpc) is 2.99. The zero-order chi connectivity index (χ0) is 16.9. The maximum atomic E-state index is 12.2. The molecule has 24 heavy (non-hydrogen) atoms. The van der Waals surface area contributed by atoms with E-state index in [9.17, 15) is 4.79 Å². The second kappa shape index (κ2) is 6.91. The number of hydrogen-bond donors (Lipinski definition) is 1. The molecular weight excluding hydrogens is 302 g/mol. The van der Waals surface area contributed by atoms with Crippen LogP contribution in [0, 0.1) is 13.8 Å². The summed E-state index contributed by atoms with van der Waals surface area (Å²) in [5.41, 5.74) is 5.88. The van der Waals surface area contributed by atoms with Gasteiger partial charge in [0.05, 0.1) is 11.9 Å². The molecule has 0 atom stereocenters. The normalized spacial score (nSPS) is 10.9. The first-order valence-corrected chi connectivity index (χ1v) is 7.56. The minimum atomic E-state index is -0.425. The van der Waals surface area contributed by atoms with Crippen molar-refractivity contribution in [1.82, 2.24) is 10.4 Å². The van der Waals surface area contributed by atoms with Gasteiger partial charge >= 0.3 is 5.91 Å². The fourth-order valence-electron chi connectivity index (χ4n) is 2.18. The van der Waals surface area contributed by atoms with E-state index in [2.05, 4.69) is 15.5 Å². The number of nitrogens with one attached hydrogen (secondary N) is 1. The quantitative estimate of drug-likeness (QED) is 0.588. The number of rotatable bonds is 4. The summed E-state index contributed by atoms with van der Waals surface area (Å²) in [6.07, 6.45) is 1.58. The second-order valence-corrected chi connectivity index (χ2v) is 5.41. The van der Waals surface area contributed by atoms with E-state index >= 15 is 0 Å². The number of aryl methyl sites for hydroxylation is 2. The fourth-order valence-corrected chi connectivity index (χ4v) is 2.18. The molecule has 3 aromatic rings. The smallest absolute Gasteiger partial charge is 0.309 e. The molecule has 0 bridgehead atoms. The van der Waals surface area contributed by atoms with E-state index < -0.39 is 5.91 Å². The molecule has 2 aromatic carbocycles. The van der Waals surface area contributed by atoms with Gasteiger partial charge in [-0.3, -0.25) is 4.79 Å². The number of carbonyl (C=O) groups excluding carboxylic acids is 1. The summed E-state index contributed by atoms with van der Waals surface area (Å²) < 4.78 is 5.58. The van der Waals surface area contributed by atoms with E-state index in [4.69, 9.17) is 4.42 Å². The topological polar surface area (TPSA) is 67.5 Å². The van der Waals surface area contributed by atoms with Gasteiger partial charge in [-0.25, -0.2) is 10.4 Å². The molecule has 0 aliphatic carbocycles. The van der Waals surface area contributed by atoms with Crippen molar-refractivity contribution in [3.05, 3.63) is 77.2 Å². The Morgan fingerprint density at radius 1 is 1.08 bits per heavy atom. The monoisotopic (exact) mass is 319 g/mol. The third-order valence-corrected chi connectivity index (χ3v) is 3.48. The molecule has 1 aromatic heterocycles.